The van der Waals surface area contributed by atoms with E-state index in [2.05, 4.69) is 15.5 Å². The predicted octanol–water partition coefficient (Wildman–Crippen LogP) is 3.85. The number of hydrogen-bond donors (Lipinski definition) is 2. The Labute approximate surface area is 169 Å². The number of hydrogen-bond acceptors (Lipinski definition) is 4. The molecular formula is C21H23ClN4O2. The number of aromatic nitrogens is 2. The van der Waals surface area contributed by atoms with Crippen LogP contribution in [-0.4, -0.2) is 48.3 Å². The van der Waals surface area contributed by atoms with E-state index in [1.165, 1.54) is 0 Å². The van der Waals surface area contributed by atoms with Crippen LogP contribution in [0.4, 0.5) is 5.69 Å². The Balaban J connectivity index is 1.75. The predicted molar refractivity (Wildman–Crippen MR) is 112 cm³/mol. The van der Waals surface area contributed by atoms with Crippen LogP contribution >= 0.6 is 11.6 Å². The minimum Gasteiger partial charge on any atom is -0.492 e. The average molecular weight is 399 g/mol. The number of likely N-dealkylation sites (N-methyl/N-ethyl adjacent to an activating group) is 1. The summed E-state index contributed by atoms with van der Waals surface area (Å²) < 4.78 is 5.98. The Bertz CT molecular complexity index is 926. The molecule has 6 nitrogen and oxygen atoms in total. The fraction of sp³-hybridized carbons (Fsp3) is 0.238. The van der Waals surface area contributed by atoms with Crippen molar-refractivity contribution in [2.75, 3.05) is 32.6 Å². The summed E-state index contributed by atoms with van der Waals surface area (Å²) in [6, 6.07) is 12.9. The van der Waals surface area contributed by atoms with Crippen LogP contribution in [0.15, 0.2) is 54.9 Å². The van der Waals surface area contributed by atoms with Gasteiger partial charge in [0.05, 0.1) is 12.6 Å². The van der Waals surface area contributed by atoms with E-state index in [1.807, 2.05) is 61.6 Å². The van der Waals surface area contributed by atoms with Crippen LogP contribution in [-0.2, 0) is 11.2 Å². The number of H-pyrrole nitrogens is 1. The normalized spacial score (nSPS) is 10.9. The summed E-state index contributed by atoms with van der Waals surface area (Å²) in [7, 11) is 3.98. The number of amides is 1. The van der Waals surface area contributed by atoms with Gasteiger partial charge in [0, 0.05) is 40.6 Å². The van der Waals surface area contributed by atoms with Gasteiger partial charge in [-0.1, -0.05) is 29.8 Å². The van der Waals surface area contributed by atoms with Crippen LogP contribution in [0.2, 0.25) is 5.02 Å². The Morgan fingerprint density at radius 3 is 2.79 bits per heavy atom. The molecule has 0 bridgehead atoms. The molecule has 28 heavy (non-hydrogen) atoms. The third-order valence-corrected chi connectivity index (χ3v) is 4.55. The third-order valence-electron chi connectivity index (χ3n) is 4.18. The Kier molecular flexibility index (Phi) is 6.68. The van der Waals surface area contributed by atoms with Crippen LogP contribution in [0.25, 0.3) is 11.1 Å². The molecular weight excluding hydrogens is 376 g/mol. The number of ether oxygens (including phenoxy) is 1. The molecule has 1 amide bonds. The van der Waals surface area contributed by atoms with Crippen molar-refractivity contribution < 1.29 is 9.53 Å². The second-order valence-corrected chi connectivity index (χ2v) is 7.07. The van der Waals surface area contributed by atoms with Crippen LogP contribution in [0.1, 0.15) is 5.56 Å². The van der Waals surface area contributed by atoms with Gasteiger partial charge in [0.2, 0.25) is 5.91 Å². The molecule has 0 radical (unpaired) electrons. The van der Waals surface area contributed by atoms with E-state index in [1.54, 1.807) is 12.3 Å². The Morgan fingerprint density at radius 2 is 2.07 bits per heavy atom. The second kappa shape index (κ2) is 9.39. The molecule has 1 heterocycles. The van der Waals surface area contributed by atoms with E-state index >= 15 is 0 Å². The van der Waals surface area contributed by atoms with Crippen LogP contribution in [0, 0.1) is 0 Å². The maximum atomic E-state index is 12.4. The van der Waals surface area contributed by atoms with Gasteiger partial charge in [-0.25, -0.2) is 0 Å². The summed E-state index contributed by atoms with van der Waals surface area (Å²) >= 11 is 6.14. The highest BCUT2D eigenvalue weighted by Crippen LogP contribution is 2.32. The van der Waals surface area contributed by atoms with Gasteiger partial charge in [-0.05, 0) is 37.9 Å². The largest absolute Gasteiger partial charge is 0.492 e. The summed E-state index contributed by atoms with van der Waals surface area (Å²) in [6.07, 6.45) is 3.76. The number of benzene rings is 2. The van der Waals surface area contributed by atoms with Gasteiger partial charge in [0.25, 0.3) is 0 Å². The van der Waals surface area contributed by atoms with E-state index in [9.17, 15) is 4.79 Å². The van der Waals surface area contributed by atoms with Crippen molar-refractivity contribution in [1.82, 2.24) is 15.1 Å². The molecule has 146 valence electrons. The van der Waals surface area contributed by atoms with Crippen molar-refractivity contribution in [1.29, 1.82) is 0 Å². The first-order chi connectivity index (χ1) is 13.5. The molecule has 0 aliphatic carbocycles. The zero-order chi connectivity index (χ0) is 19.9. The molecule has 0 aliphatic rings. The van der Waals surface area contributed by atoms with E-state index in [4.69, 9.17) is 16.3 Å². The number of carbonyl (C=O) groups excluding carboxylic acids is 1. The van der Waals surface area contributed by atoms with Crippen LogP contribution < -0.4 is 10.1 Å². The summed E-state index contributed by atoms with van der Waals surface area (Å²) in [5, 5.41) is 10.3. The van der Waals surface area contributed by atoms with Gasteiger partial charge in [0.15, 0.2) is 0 Å². The molecule has 0 atom stereocenters. The molecule has 0 unspecified atom stereocenters. The topological polar surface area (TPSA) is 70.2 Å². The highest BCUT2D eigenvalue weighted by atomic mass is 35.5. The first kappa shape index (κ1) is 19.9. The summed E-state index contributed by atoms with van der Waals surface area (Å²) in [5.74, 6) is 0.558. The van der Waals surface area contributed by atoms with E-state index in [-0.39, 0.29) is 12.3 Å². The molecule has 2 aromatic carbocycles. The number of rotatable bonds is 8. The minimum atomic E-state index is -0.136. The van der Waals surface area contributed by atoms with E-state index in [0.29, 0.717) is 23.1 Å². The lowest BCUT2D eigenvalue weighted by atomic mass is 10.1. The number of halogens is 1. The number of aromatic amines is 1. The van der Waals surface area contributed by atoms with Crippen molar-refractivity contribution in [3.63, 3.8) is 0 Å². The van der Waals surface area contributed by atoms with Crippen molar-refractivity contribution in [3.05, 3.63) is 65.4 Å². The fourth-order valence-electron chi connectivity index (χ4n) is 2.71. The molecule has 0 aliphatic heterocycles. The monoisotopic (exact) mass is 398 g/mol. The highest BCUT2D eigenvalue weighted by molar-refractivity contribution is 6.31. The number of carbonyl (C=O) groups is 1. The SMILES string of the molecule is CN(C)CCOc1cc(NC(=O)Cc2ccccc2Cl)ccc1-c1cn[nH]c1. The Morgan fingerprint density at radius 1 is 1.25 bits per heavy atom. The maximum absolute atomic E-state index is 12.4. The maximum Gasteiger partial charge on any atom is 0.228 e. The lowest BCUT2D eigenvalue weighted by Crippen LogP contribution is -2.19. The van der Waals surface area contributed by atoms with Crippen LogP contribution in [0.3, 0.4) is 0 Å². The number of nitrogens with zero attached hydrogens (tertiary/aromatic N) is 2. The average Bonchev–Trinajstić information content (AvgIpc) is 3.18. The van der Waals surface area contributed by atoms with Crippen molar-refractivity contribution in [2.45, 2.75) is 6.42 Å². The standard InChI is InChI=1S/C21H23ClN4O2/c1-26(2)9-10-28-20-12-17(7-8-18(20)16-13-23-24-14-16)25-21(27)11-15-5-3-4-6-19(15)22/h3-8,12-14H,9-11H2,1-2H3,(H,23,24)(H,25,27). The molecule has 0 fully saturated rings. The highest BCUT2D eigenvalue weighted by Gasteiger charge is 2.12. The lowest BCUT2D eigenvalue weighted by molar-refractivity contribution is -0.115. The molecule has 2 N–H and O–H groups in total. The van der Waals surface area contributed by atoms with Gasteiger partial charge >= 0.3 is 0 Å². The quantitative estimate of drug-likeness (QED) is 0.604. The molecule has 7 heteroatoms. The molecule has 3 aromatic rings. The molecule has 1 aromatic heterocycles. The van der Waals surface area contributed by atoms with Gasteiger partial charge in [-0.3, -0.25) is 9.89 Å². The first-order valence-electron chi connectivity index (χ1n) is 8.97. The lowest BCUT2D eigenvalue weighted by Gasteiger charge is -2.15. The second-order valence-electron chi connectivity index (χ2n) is 6.67. The fourth-order valence-corrected chi connectivity index (χ4v) is 2.92. The van der Waals surface area contributed by atoms with Crippen molar-refractivity contribution in [3.8, 4) is 16.9 Å². The number of anilines is 1. The van der Waals surface area contributed by atoms with Gasteiger partial charge < -0.3 is 15.0 Å². The first-order valence-corrected chi connectivity index (χ1v) is 9.34. The molecule has 0 saturated heterocycles. The molecule has 0 saturated carbocycles. The van der Waals surface area contributed by atoms with Gasteiger partial charge in [-0.15, -0.1) is 0 Å². The third kappa shape index (κ3) is 5.34. The Hall–Kier alpha value is -2.83. The van der Waals surface area contributed by atoms with E-state index < -0.39 is 0 Å². The van der Waals surface area contributed by atoms with Crippen molar-refractivity contribution >= 4 is 23.2 Å². The summed E-state index contributed by atoms with van der Waals surface area (Å²) in [6.45, 7) is 1.32. The number of nitrogens with one attached hydrogen (secondary N) is 2. The van der Waals surface area contributed by atoms with Crippen molar-refractivity contribution in [2.24, 2.45) is 0 Å². The zero-order valence-electron chi connectivity index (χ0n) is 15.9. The minimum absolute atomic E-state index is 0.136. The zero-order valence-corrected chi connectivity index (χ0v) is 16.7. The molecule has 3 rings (SSSR count). The summed E-state index contributed by atoms with van der Waals surface area (Å²) in [5.41, 5.74) is 3.30. The van der Waals surface area contributed by atoms with Crippen LogP contribution in [0.5, 0.6) is 5.75 Å². The smallest absolute Gasteiger partial charge is 0.228 e. The van der Waals surface area contributed by atoms with Gasteiger partial charge in [-0.2, -0.15) is 5.10 Å². The summed E-state index contributed by atoms with van der Waals surface area (Å²) in [4.78, 5) is 14.5. The van der Waals surface area contributed by atoms with Gasteiger partial charge in [0.1, 0.15) is 12.4 Å². The van der Waals surface area contributed by atoms with E-state index in [0.717, 1.165) is 23.2 Å². The molecule has 0 spiro atoms.